The van der Waals surface area contributed by atoms with Crippen molar-refractivity contribution in [1.29, 1.82) is 0 Å². The minimum Gasteiger partial charge on any atom is -0.507 e. The summed E-state index contributed by atoms with van der Waals surface area (Å²) in [5.74, 6) is 0.531. The van der Waals surface area contributed by atoms with Crippen LogP contribution < -0.4 is 0 Å². The lowest BCUT2D eigenvalue weighted by Crippen LogP contribution is -2.28. The van der Waals surface area contributed by atoms with E-state index in [0.29, 0.717) is 21.4 Å². The predicted octanol–water partition coefficient (Wildman–Crippen LogP) is 5.79. The molecular formula is C26H25N3O3S. The van der Waals surface area contributed by atoms with Gasteiger partial charge in [-0.3, -0.25) is 9.69 Å². The Morgan fingerprint density at radius 2 is 1.82 bits per heavy atom. The van der Waals surface area contributed by atoms with Gasteiger partial charge in [-0.05, 0) is 52.6 Å². The fourth-order valence-electron chi connectivity index (χ4n) is 3.25. The molecule has 0 bridgehead atoms. The van der Waals surface area contributed by atoms with Gasteiger partial charge in [0, 0.05) is 5.56 Å². The highest BCUT2D eigenvalue weighted by molar-refractivity contribution is 8.18. The molecule has 0 aliphatic carbocycles. The van der Waals surface area contributed by atoms with Crippen LogP contribution in [0.15, 0.2) is 86.5 Å². The highest BCUT2D eigenvalue weighted by Crippen LogP contribution is 2.35. The van der Waals surface area contributed by atoms with Gasteiger partial charge in [-0.2, -0.15) is 5.10 Å². The van der Waals surface area contributed by atoms with Crippen molar-refractivity contribution in [3.8, 4) is 5.75 Å². The molecule has 1 amide bonds. The molecule has 1 fully saturated rings. The summed E-state index contributed by atoms with van der Waals surface area (Å²) < 4.78 is 5.42. The van der Waals surface area contributed by atoms with Gasteiger partial charge in [-0.15, -0.1) is 5.10 Å². The maximum absolute atomic E-state index is 13.1. The number of carbonyl (C=O) groups is 1. The number of hydrogen-bond acceptors (Lipinski definition) is 6. The van der Waals surface area contributed by atoms with E-state index in [4.69, 9.17) is 4.42 Å². The van der Waals surface area contributed by atoms with Crippen molar-refractivity contribution in [1.82, 2.24) is 4.90 Å². The Bertz CT molecular complexity index is 1220. The molecule has 0 saturated carbocycles. The summed E-state index contributed by atoms with van der Waals surface area (Å²) in [5.41, 5.74) is 2.81. The van der Waals surface area contributed by atoms with Gasteiger partial charge in [-0.25, -0.2) is 0 Å². The fourth-order valence-corrected chi connectivity index (χ4v) is 4.17. The number of aromatic hydroxyl groups is 1. The van der Waals surface area contributed by atoms with Crippen LogP contribution in [0, 0.1) is 0 Å². The van der Waals surface area contributed by atoms with Gasteiger partial charge in [0.1, 0.15) is 11.5 Å². The summed E-state index contributed by atoms with van der Waals surface area (Å²) in [6, 6.07) is 18.6. The number of thioether (sulfide) groups is 1. The molecule has 0 atom stereocenters. The molecule has 6 nitrogen and oxygen atoms in total. The molecule has 0 spiro atoms. The second kappa shape index (κ2) is 9.50. The second-order valence-electron chi connectivity index (χ2n) is 8.64. The number of phenols is 1. The molecule has 2 heterocycles. The normalized spacial score (nSPS) is 17.1. The van der Waals surface area contributed by atoms with E-state index in [1.165, 1.54) is 22.2 Å². The molecule has 1 N–H and O–H groups in total. The zero-order valence-corrected chi connectivity index (χ0v) is 19.5. The second-order valence-corrected chi connectivity index (χ2v) is 9.65. The molecular weight excluding hydrogens is 434 g/mol. The van der Waals surface area contributed by atoms with Crippen LogP contribution in [0.1, 0.15) is 43.2 Å². The van der Waals surface area contributed by atoms with E-state index in [0.717, 1.165) is 5.56 Å². The predicted molar refractivity (Wildman–Crippen MR) is 133 cm³/mol. The third kappa shape index (κ3) is 5.43. The maximum Gasteiger partial charge on any atom is 0.267 e. The first kappa shape index (κ1) is 22.6. The first-order valence-corrected chi connectivity index (χ1v) is 11.4. The van der Waals surface area contributed by atoms with Crippen molar-refractivity contribution < 1.29 is 14.3 Å². The number of phenolic OH excluding ortho intramolecular Hbond substituents is 1. The topological polar surface area (TPSA) is 78.4 Å². The Balaban J connectivity index is 1.59. The van der Waals surface area contributed by atoms with Crippen molar-refractivity contribution >= 4 is 35.1 Å². The van der Waals surface area contributed by atoms with Crippen LogP contribution >= 0.6 is 11.8 Å². The van der Waals surface area contributed by atoms with Crippen LogP contribution in [-0.2, 0) is 16.8 Å². The average molecular weight is 460 g/mol. The summed E-state index contributed by atoms with van der Waals surface area (Å²) in [7, 11) is 0. The SMILES string of the molecule is CC(C)(C)c1ccc(/C=N/N=C2\S/C(=C\c3ccccc3O)C(=O)N2Cc2ccco2)cc1. The van der Waals surface area contributed by atoms with Crippen LogP contribution in [0.4, 0.5) is 0 Å². The van der Waals surface area contributed by atoms with Crippen molar-refractivity contribution in [3.63, 3.8) is 0 Å². The molecule has 1 aliphatic rings. The molecule has 0 radical (unpaired) electrons. The Hall–Kier alpha value is -3.58. The average Bonchev–Trinajstić information content (AvgIpc) is 3.39. The number of para-hydroxylation sites is 1. The first-order chi connectivity index (χ1) is 15.8. The van der Waals surface area contributed by atoms with Crippen LogP contribution in [0.3, 0.4) is 0 Å². The van der Waals surface area contributed by atoms with Crippen molar-refractivity contribution in [3.05, 3.63) is 94.3 Å². The summed E-state index contributed by atoms with van der Waals surface area (Å²) in [4.78, 5) is 15.1. The molecule has 2 aromatic carbocycles. The summed E-state index contributed by atoms with van der Waals surface area (Å²) in [6.07, 6.45) is 4.90. The van der Waals surface area contributed by atoms with Crippen molar-refractivity contribution in [2.45, 2.75) is 32.7 Å². The molecule has 1 saturated heterocycles. The zero-order valence-electron chi connectivity index (χ0n) is 18.7. The van der Waals surface area contributed by atoms with Crippen LogP contribution in [0.5, 0.6) is 5.75 Å². The van der Waals surface area contributed by atoms with E-state index < -0.39 is 0 Å². The zero-order chi connectivity index (χ0) is 23.4. The third-order valence-corrected chi connectivity index (χ3v) is 6.13. The number of nitrogens with zero attached hydrogens (tertiary/aromatic N) is 3. The Kier molecular flexibility index (Phi) is 6.51. The molecule has 33 heavy (non-hydrogen) atoms. The quantitative estimate of drug-likeness (QED) is 0.298. The lowest BCUT2D eigenvalue weighted by molar-refractivity contribution is -0.122. The van der Waals surface area contributed by atoms with Crippen molar-refractivity contribution in [2.24, 2.45) is 10.2 Å². The Morgan fingerprint density at radius 1 is 1.06 bits per heavy atom. The Labute approximate surface area is 197 Å². The summed E-state index contributed by atoms with van der Waals surface area (Å²) in [5, 5.41) is 19.1. The van der Waals surface area contributed by atoms with Gasteiger partial charge in [0.15, 0.2) is 5.17 Å². The summed E-state index contributed by atoms with van der Waals surface area (Å²) >= 11 is 1.21. The molecule has 168 valence electrons. The smallest absolute Gasteiger partial charge is 0.267 e. The largest absolute Gasteiger partial charge is 0.507 e. The maximum atomic E-state index is 13.1. The van der Waals surface area contributed by atoms with E-state index in [2.05, 4.69) is 43.1 Å². The third-order valence-electron chi connectivity index (χ3n) is 5.13. The molecule has 4 rings (SSSR count). The van der Waals surface area contributed by atoms with Gasteiger partial charge in [0.2, 0.25) is 0 Å². The van der Waals surface area contributed by atoms with Gasteiger partial charge in [-0.1, -0.05) is 63.2 Å². The van der Waals surface area contributed by atoms with E-state index >= 15 is 0 Å². The number of furan rings is 1. The molecule has 7 heteroatoms. The number of hydrogen-bond donors (Lipinski definition) is 1. The van der Waals surface area contributed by atoms with Crippen LogP contribution in [-0.4, -0.2) is 27.3 Å². The standard InChI is InChI=1S/C26H25N3O3S/c1-26(2,3)20-12-10-18(11-13-20)16-27-28-25-29(17-21-8-6-14-32-21)24(31)23(33-25)15-19-7-4-5-9-22(19)30/h4-16,30H,17H2,1-3H3/b23-15-,27-16+,28-25-. The number of benzene rings is 2. The monoisotopic (exact) mass is 459 g/mol. The fraction of sp³-hybridized carbons (Fsp3) is 0.192. The number of amides is 1. The molecule has 1 aliphatic heterocycles. The summed E-state index contributed by atoms with van der Waals surface area (Å²) in [6.45, 7) is 6.75. The molecule has 0 unspecified atom stereocenters. The first-order valence-electron chi connectivity index (χ1n) is 10.5. The van der Waals surface area contributed by atoms with Crippen LogP contribution in [0.25, 0.3) is 6.08 Å². The van der Waals surface area contributed by atoms with Gasteiger partial charge in [0.25, 0.3) is 5.91 Å². The number of amidine groups is 1. The number of rotatable bonds is 5. The molecule has 3 aromatic rings. The Morgan fingerprint density at radius 3 is 2.48 bits per heavy atom. The van der Waals surface area contributed by atoms with E-state index in [9.17, 15) is 9.90 Å². The number of carbonyl (C=O) groups excluding carboxylic acids is 1. The highest BCUT2D eigenvalue weighted by atomic mass is 32.2. The minimum absolute atomic E-state index is 0.0824. The van der Waals surface area contributed by atoms with Gasteiger partial charge in [0.05, 0.1) is 23.9 Å². The van der Waals surface area contributed by atoms with E-state index in [1.54, 1.807) is 55.0 Å². The van der Waals surface area contributed by atoms with Crippen molar-refractivity contribution in [2.75, 3.05) is 0 Å². The van der Waals surface area contributed by atoms with E-state index in [-0.39, 0.29) is 23.6 Å². The van der Waals surface area contributed by atoms with Gasteiger partial charge >= 0.3 is 0 Å². The van der Waals surface area contributed by atoms with E-state index in [1.807, 2.05) is 12.1 Å². The lowest BCUT2D eigenvalue weighted by Gasteiger charge is -2.18. The highest BCUT2D eigenvalue weighted by Gasteiger charge is 2.34. The minimum atomic E-state index is -0.219. The lowest BCUT2D eigenvalue weighted by atomic mass is 9.87. The van der Waals surface area contributed by atoms with Crippen LogP contribution in [0.2, 0.25) is 0 Å². The molecule has 1 aromatic heterocycles. The van der Waals surface area contributed by atoms with Gasteiger partial charge < -0.3 is 9.52 Å².